The summed E-state index contributed by atoms with van der Waals surface area (Å²) in [6, 6.07) is 1.22. The molecule has 0 saturated heterocycles. The fraction of sp³-hybridized carbons (Fsp3) is 1.00. The molecule has 3 nitrogen and oxygen atoms in total. The van der Waals surface area contributed by atoms with Crippen LogP contribution in [0.5, 0.6) is 0 Å². The minimum atomic E-state index is 0.437. The minimum absolute atomic E-state index is 0.437. The van der Waals surface area contributed by atoms with Crippen molar-refractivity contribution in [3.05, 3.63) is 0 Å². The Bertz CT molecular complexity index is 146. The van der Waals surface area contributed by atoms with Gasteiger partial charge in [0.2, 0.25) is 0 Å². The summed E-state index contributed by atoms with van der Waals surface area (Å²) in [4.78, 5) is 2.55. The van der Waals surface area contributed by atoms with E-state index in [1.54, 1.807) is 0 Å². The molecule has 0 aromatic rings. The second-order valence-electron chi connectivity index (χ2n) is 3.83. The summed E-state index contributed by atoms with van der Waals surface area (Å²) in [5, 5.41) is 3.87. The van der Waals surface area contributed by atoms with Gasteiger partial charge in [-0.15, -0.1) is 0 Å². The average Bonchev–Trinajstić information content (AvgIpc) is 2.21. The summed E-state index contributed by atoms with van der Waals surface area (Å²) < 4.78 is 0. The van der Waals surface area contributed by atoms with Crippen molar-refractivity contribution in [3.63, 3.8) is 0 Å². The Hall–Kier alpha value is -0.440. The molecule has 1 fully saturated rings. The van der Waals surface area contributed by atoms with Gasteiger partial charge in [-0.05, 0) is 43.9 Å². The highest BCUT2D eigenvalue weighted by Gasteiger charge is 2.24. The van der Waals surface area contributed by atoms with E-state index in [2.05, 4.69) is 23.9 Å². The van der Waals surface area contributed by atoms with Crippen molar-refractivity contribution in [2.24, 2.45) is 5.11 Å². The molecule has 1 saturated carbocycles. The molecule has 0 aliphatic heterocycles. The minimum Gasteiger partial charge on any atom is -0.301 e. The van der Waals surface area contributed by atoms with E-state index in [4.69, 9.17) is 5.53 Å². The Kier molecular flexibility index (Phi) is 4.36. The van der Waals surface area contributed by atoms with Gasteiger partial charge >= 0.3 is 0 Å². The van der Waals surface area contributed by atoms with Crippen molar-refractivity contribution < 1.29 is 5.53 Å². The number of hydrogen-bond donors (Lipinski definition) is 1. The van der Waals surface area contributed by atoms with Gasteiger partial charge in [0.25, 0.3) is 0 Å². The number of hydrogen-bond acceptors (Lipinski definition) is 2. The lowest BCUT2D eigenvalue weighted by Crippen LogP contribution is -2.40. The van der Waals surface area contributed by atoms with Crippen LogP contribution in [0.2, 0.25) is 0 Å². The Labute approximate surface area is 81.0 Å². The molecule has 0 heterocycles. The third kappa shape index (κ3) is 2.76. The van der Waals surface area contributed by atoms with Gasteiger partial charge in [0.05, 0.1) is 0 Å². The second kappa shape index (κ2) is 5.32. The zero-order valence-corrected chi connectivity index (χ0v) is 8.87. The van der Waals surface area contributed by atoms with Gasteiger partial charge in [-0.2, -0.15) is 5.53 Å². The van der Waals surface area contributed by atoms with Crippen LogP contribution in [0.3, 0.4) is 0 Å². The van der Waals surface area contributed by atoms with Crippen LogP contribution in [-0.2, 0) is 0 Å². The van der Waals surface area contributed by atoms with E-state index < -0.39 is 0 Å². The predicted molar refractivity (Wildman–Crippen MR) is 53.3 cm³/mol. The Balaban J connectivity index is 2.34. The molecule has 1 aliphatic rings. The Morgan fingerprint density at radius 3 is 2.08 bits per heavy atom. The van der Waals surface area contributed by atoms with Crippen molar-refractivity contribution in [2.75, 3.05) is 13.1 Å². The molecule has 0 spiro atoms. The van der Waals surface area contributed by atoms with E-state index in [1.807, 2.05) is 0 Å². The van der Waals surface area contributed by atoms with E-state index >= 15 is 0 Å². The highest BCUT2D eigenvalue weighted by Crippen LogP contribution is 2.24. The maximum absolute atomic E-state index is 5.30. The number of rotatable bonds is 4. The number of nitrogens with zero attached hydrogens (tertiary/aromatic N) is 2. The maximum Gasteiger partial charge on any atom is 0.112 e. The third-order valence-corrected chi connectivity index (χ3v) is 3.21. The van der Waals surface area contributed by atoms with Crippen LogP contribution in [0.25, 0.3) is 0 Å². The Morgan fingerprint density at radius 2 is 1.69 bits per heavy atom. The second-order valence-corrected chi connectivity index (χ2v) is 3.83. The predicted octanol–water partition coefficient (Wildman–Crippen LogP) is 0.851. The van der Waals surface area contributed by atoms with Gasteiger partial charge in [-0.3, -0.25) is 0 Å². The van der Waals surface area contributed by atoms with E-state index in [0.717, 1.165) is 6.04 Å². The molecule has 13 heavy (non-hydrogen) atoms. The molecule has 0 radical (unpaired) electrons. The lowest BCUT2D eigenvalue weighted by molar-refractivity contribution is -0.230. The molecule has 0 amide bonds. The summed E-state index contributed by atoms with van der Waals surface area (Å²) in [6.45, 7) is 6.82. The normalized spacial score (nSPS) is 29.2. The monoisotopic (exact) mass is 184 g/mol. The van der Waals surface area contributed by atoms with Crippen LogP contribution in [-0.4, -0.2) is 30.1 Å². The molecule has 0 unspecified atom stereocenters. The smallest absolute Gasteiger partial charge is 0.112 e. The van der Waals surface area contributed by atoms with Crippen LogP contribution in [0.15, 0.2) is 5.11 Å². The molecular formula is C10H22N3+. The van der Waals surface area contributed by atoms with Gasteiger partial charge in [-0.25, -0.2) is 0 Å². The van der Waals surface area contributed by atoms with Gasteiger partial charge < -0.3 is 4.90 Å². The zero-order valence-electron chi connectivity index (χ0n) is 8.87. The molecule has 3 heteroatoms. The number of nitrogens with two attached hydrogens (primary N) is 1. The van der Waals surface area contributed by atoms with Gasteiger partial charge in [0.1, 0.15) is 6.04 Å². The van der Waals surface area contributed by atoms with Crippen LogP contribution in [0.4, 0.5) is 0 Å². The molecule has 1 rings (SSSR count). The van der Waals surface area contributed by atoms with Crippen molar-refractivity contribution in [2.45, 2.75) is 51.6 Å². The fourth-order valence-corrected chi connectivity index (χ4v) is 2.31. The summed E-state index contributed by atoms with van der Waals surface area (Å²) in [5.74, 6) is 0. The molecule has 1 aliphatic carbocycles. The quantitative estimate of drug-likeness (QED) is 0.647. The van der Waals surface area contributed by atoms with Gasteiger partial charge in [-0.1, -0.05) is 13.8 Å². The van der Waals surface area contributed by atoms with Crippen LogP contribution in [0.1, 0.15) is 39.5 Å². The van der Waals surface area contributed by atoms with Crippen molar-refractivity contribution in [3.8, 4) is 0 Å². The molecule has 0 aromatic heterocycles. The molecule has 76 valence electrons. The summed E-state index contributed by atoms with van der Waals surface area (Å²) in [7, 11) is 0. The lowest BCUT2D eigenvalue weighted by atomic mass is 9.90. The first-order chi connectivity index (χ1) is 6.31. The standard InChI is InChI=1S/C10H21N3/c1-3-13(4-2)10-7-5-9(12-11)6-8-10/h9-11H,3-8H2,1-2H3/p+1. The van der Waals surface area contributed by atoms with Gasteiger partial charge in [0.15, 0.2) is 0 Å². The van der Waals surface area contributed by atoms with Crippen LogP contribution < -0.4 is 5.53 Å². The molecular weight excluding hydrogens is 162 g/mol. The van der Waals surface area contributed by atoms with E-state index in [1.165, 1.54) is 38.8 Å². The van der Waals surface area contributed by atoms with Crippen LogP contribution in [0, 0.1) is 0 Å². The third-order valence-electron chi connectivity index (χ3n) is 3.21. The first-order valence-corrected chi connectivity index (χ1v) is 5.45. The Morgan fingerprint density at radius 1 is 1.15 bits per heavy atom. The van der Waals surface area contributed by atoms with Crippen LogP contribution >= 0.6 is 0 Å². The summed E-state index contributed by atoms with van der Waals surface area (Å²) >= 11 is 0. The average molecular weight is 184 g/mol. The fourth-order valence-electron chi connectivity index (χ4n) is 2.31. The first-order valence-electron chi connectivity index (χ1n) is 5.45. The summed E-state index contributed by atoms with van der Waals surface area (Å²) in [6.07, 6.45) is 4.90. The molecule has 0 aromatic carbocycles. The van der Waals surface area contributed by atoms with E-state index in [0.29, 0.717) is 6.04 Å². The maximum atomic E-state index is 5.30. The largest absolute Gasteiger partial charge is 0.301 e. The van der Waals surface area contributed by atoms with E-state index in [-0.39, 0.29) is 0 Å². The highest BCUT2D eigenvalue weighted by molar-refractivity contribution is 4.80. The lowest BCUT2D eigenvalue weighted by Gasteiger charge is -2.33. The highest BCUT2D eigenvalue weighted by atomic mass is 15.1. The summed E-state index contributed by atoms with van der Waals surface area (Å²) in [5.41, 5.74) is 5.30. The molecule has 0 bridgehead atoms. The SMILES string of the molecule is CCN(CC)C1CCC(N=[NH2+])CC1. The van der Waals surface area contributed by atoms with Crippen molar-refractivity contribution in [1.82, 2.24) is 4.90 Å². The molecule has 2 N–H and O–H groups in total. The van der Waals surface area contributed by atoms with E-state index in [9.17, 15) is 0 Å². The zero-order chi connectivity index (χ0) is 9.68. The van der Waals surface area contributed by atoms with Gasteiger partial charge in [0, 0.05) is 6.04 Å². The van der Waals surface area contributed by atoms with Crippen molar-refractivity contribution >= 4 is 0 Å². The first kappa shape index (κ1) is 10.6. The topological polar surface area (TPSA) is 41.2 Å². The molecule has 0 atom stereocenters. The van der Waals surface area contributed by atoms with Crippen molar-refractivity contribution in [1.29, 1.82) is 0 Å².